The zero-order valence-corrected chi connectivity index (χ0v) is 18.3. The van der Waals surface area contributed by atoms with Gasteiger partial charge in [-0.2, -0.15) is 0 Å². The average Bonchev–Trinajstić information content (AvgIpc) is 3.03. The third-order valence-corrected chi connectivity index (χ3v) is 7.47. The molecular weight excluding hydrogens is 414 g/mol. The zero-order chi connectivity index (χ0) is 21.4. The van der Waals surface area contributed by atoms with Crippen LogP contribution in [0.25, 0.3) is 0 Å². The number of amides is 2. The molecule has 0 aromatic heterocycles. The predicted octanol–water partition coefficient (Wildman–Crippen LogP) is 2.65. The van der Waals surface area contributed by atoms with Crippen molar-refractivity contribution < 1.29 is 19.1 Å². The first kappa shape index (κ1) is 20.4. The van der Waals surface area contributed by atoms with Gasteiger partial charge in [-0.05, 0) is 30.3 Å². The Hall–Kier alpha value is -2.55. The fraction of sp³-hybridized carbons (Fsp3) is 0.391. The second-order valence-electron chi connectivity index (χ2n) is 7.79. The lowest BCUT2D eigenvalue weighted by atomic mass is 10.0. The minimum absolute atomic E-state index is 0.0414. The number of fused-ring (bicyclic) bond motifs is 2. The highest BCUT2D eigenvalue weighted by molar-refractivity contribution is 8.01. The Bertz CT molecular complexity index is 993. The molecule has 31 heavy (non-hydrogen) atoms. The number of rotatable bonds is 4. The van der Waals surface area contributed by atoms with Crippen LogP contribution < -0.4 is 14.5 Å². The first-order chi connectivity index (χ1) is 15.1. The number of benzene rings is 2. The third kappa shape index (κ3) is 3.30. The van der Waals surface area contributed by atoms with Crippen LogP contribution in [0, 0.1) is 0 Å². The lowest BCUT2D eigenvalue weighted by Gasteiger charge is -2.43. The van der Waals surface area contributed by atoms with Crippen molar-refractivity contribution in [3.05, 3.63) is 54.1 Å². The maximum Gasteiger partial charge on any atom is 0.269 e. The highest BCUT2D eigenvalue weighted by Crippen LogP contribution is 2.54. The van der Waals surface area contributed by atoms with Crippen molar-refractivity contribution in [2.75, 3.05) is 55.6 Å². The van der Waals surface area contributed by atoms with Crippen molar-refractivity contribution in [1.29, 1.82) is 0 Å². The molecule has 0 N–H and O–H groups in total. The summed E-state index contributed by atoms with van der Waals surface area (Å²) in [7, 11) is 1.61. The van der Waals surface area contributed by atoms with E-state index in [1.165, 1.54) is 0 Å². The summed E-state index contributed by atoms with van der Waals surface area (Å²) in [4.78, 5) is 32.0. The number of carbonyl (C=O) groups excluding carboxylic acids is 2. The Kier molecular flexibility index (Phi) is 5.37. The van der Waals surface area contributed by atoms with E-state index < -0.39 is 4.87 Å². The summed E-state index contributed by atoms with van der Waals surface area (Å²) in [5.74, 6) is 1.22. The van der Waals surface area contributed by atoms with E-state index in [9.17, 15) is 9.59 Å². The highest BCUT2D eigenvalue weighted by Gasteiger charge is 2.59. The predicted molar refractivity (Wildman–Crippen MR) is 120 cm³/mol. The lowest BCUT2D eigenvalue weighted by molar-refractivity contribution is -0.126. The van der Waals surface area contributed by atoms with E-state index in [2.05, 4.69) is 4.90 Å². The average molecular weight is 440 g/mol. The Balaban J connectivity index is 1.59. The standard InChI is InChI=1S/C23H25N3O4S/c1-29-18-8-6-17(7-9-18)26-21(27)10-15-31-23(26)19-4-2-3-5-20(19)25(22(23)28)16-24-11-13-30-14-12-24/h2-9H,10-16H2,1H3. The molecule has 1 atom stereocenters. The van der Waals surface area contributed by atoms with Crippen molar-refractivity contribution in [2.45, 2.75) is 11.3 Å². The smallest absolute Gasteiger partial charge is 0.269 e. The molecule has 2 aromatic carbocycles. The van der Waals surface area contributed by atoms with Crippen LogP contribution in [0.5, 0.6) is 5.75 Å². The molecule has 2 amide bonds. The molecule has 2 saturated heterocycles. The van der Waals surface area contributed by atoms with Crippen molar-refractivity contribution >= 4 is 35.0 Å². The molecule has 2 fully saturated rings. The van der Waals surface area contributed by atoms with Crippen molar-refractivity contribution in [1.82, 2.24) is 4.90 Å². The van der Waals surface area contributed by atoms with Gasteiger partial charge in [-0.15, -0.1) is 11.8 Å². The van der Waals surface area contributed by atoms with Crippen LogP contribution in [0.1, 0.15) is 12.0 Å². The molecule has 8 heteroatoms. The largest absolute Gasteiger partial charge is 0.497 e. The molecule has 3 aliphatic rings. The van der Waals surface area contributed by atoms with Gasteiger partial charge in [0.2, 0.25) is 10.8 Å². The van der Waals surface area contributed by atoms with Gasteiger partial charge in [0, 0.05) is 36.5 Å². The molecule has 162 valence electrons. The summed E-state index contributed by atoms with van der Waals surface area (Å²) in [6.45, 7) is 3.40. The van der Waals surface area contributed by atoms with Crippen LogP contribution in [0.2, 0.25) is 0 Å². The Morgan fingerprint density at radius 1 is 1.06 bits per heavy atom. The first-order valence-electron chi connectivity index (χ1n) is 10.5. The van der Waals surface area contributed by atoms with Crippen molar-refractivity contribution in [2.24, 2.45) is 0 Å². The van der Waals surface area contributed by atoms with Gasteiger partial charge in [0.05, 0.1) is 32.7 Å². The number of morpholine rings is 1. The first-order valence-corrected chi connectivity index (χ1v) is 11.5. The maximum absolute atomic E-state index is 14.1. The van der Waals surface area contributed by atoms with Gasteiger partial charge in [-0.25, -0.2) is 0 Å². The number of nitrogens with zero attached hydrogens (tertiary/aromatic N) is 3. The van der Waals surface area contributed by atoms with Crippen LogP contribution in [0.3, 0.4) is 0 Å². The highest BCUT2D eigenvalue weighted by atomic mass is 32.2. The molecule has 3 heterocycles. The van der Waals surface area contributed by atoms with E-state index in [1.807, 2.05) is 53.4 Å². The number of hydrogen-bond donors (Lipinski definition) is 0. The molecular formula is C23H25N3O4S. The van der Waals surface area contributed by atoms with Crippen LogP contribution in [0.15, 0.2) is 48.5 Å². The molecule has 1 spiro atoms. The molecule has 5 rings (SSSR count). The summed E-state index contributed by atoms with van der Waals surface area (Å²) >= 11 is 1.55. The number of hydrogen-bond acceptors (Lipinski definition) is 6. The molecule has 0 saturated carbocycles. The molecule has 0 radical (unpaired) electrons. The maximum atomic E-state index is 14.1. The van der Waals surface area contributed by atoms with Gasteiger partial charge in [-0.1, -0.05) is 18.2 Å². The number of para-hydroxylation sites is 1. The lowest BCUT2D eigenvalue weighted by Crippen LogP contribution is -2.57. The molecule has 1 unspecified atom stereocenters. The van der Waals surface area contributed by atoms with Crippen LogP contribution in [-0.2, 0) is 19.2 Å². The summed E-state index contributed by atoms with van der Waals surface area (Å²) in [5, 5.41) is 0. The van der Waals surface area contributed by atoms with E-state index in [-0.39, 0.29) is 11.8 Å². The topological polar surface area (TPSA) is 62.3 Å². The summed E-state index contributed by atoms with van der Waals surface area (Å²) in [6, 6.07) is 15.2. The molecule has 2 aromatic rings. The van der Waals surface area contributed by atoms with Gasteiger partial charge in [0.1, 0.15) is 5.75 Å². The number of anilines is 2. The van der Waals surface area contributed by atoms with E-state index in [0.29, 0.717) is 43.5 Å². The number of ether oxygens (including phenoxy) is 2. The van der Waals surface area contributed by atoms with Crippen molar-refractivity contribution in [3.63, 3.8) is 0 Å². The van der Waals surface area contributed by atoms with E-state index in [0.717, 1.165) is 24.3 Å². The Morgan fingerprint density at radius 2 is 1.81 bits per heavy atom. The molecule has 3 aliphatic heterocycles. The third-order valence-electron chi connectivity index (χ3n) is 6.06. The van der Waals surface area contributed by atoms with Crippen LogP contribution in [0.4, 0.5) is 11.4 Å². The number of carbonyl (C=O) groups is 2. The monoisotopic (exact) mass is 439 g/mol. The van der Waals surface area contributed by atoms with Gasteiger partial charge in [0.25, 0.3) is 5.91 Å². The number of thioether (sulfide) groups is 1. The second-order valence-corrected chi connectivity index (χ2v) is 9.08. The fourth-order valence-electron chi connectivity index (χ4n) is 4.54. The number of methoxy groups -OCH3 is 1. The Labute approximate surface area is 185 Å². The Morgan fingerprint density at radius 3 is 2.55 bits per heavy atom. The summed E-state index contributed by atoms with van der Waals surface area (Å²) < 4.78 is 10.7. The normalized spacial score (nSPS) is 24.0. The van der Waals surface area contributed by atoms with Crippen LogP contribution >= 0.6 is 11.8 Å². The molecule has 0 bridgehead atoms. The molecule has 7 nitrogen and oxygen atoms in total. The summed E-state index contributed by atoms with van der Waals surface area (Å²) in [5.41, 5.74) is 2.45. The summed E-state index contributed by atoms with van der Waals surface area (Å²) in [6.07, 6.45) is 0.400. The quantitative estimate of drug-likeness (QED) is 0.730. The fourth-order valence-corrected chi connectivity index (χ4v) is 6.01. The van der Waals surface area contributed by atoms with Crippen molar-refractivity contribution in [3.8, 4) is 5.75 Å². The van der Waals surface area contributed by atoms with Gasteiger partial charge in [-0.3, -0.25) is 24.3 Å². The van der Waals surface area contributed by atoms with Gasteiger partial charge >= 0.3 is 0 Å². The van der Waals surface area contributed by atoms with Gasteiger partial charge in [0.15, 0.2) is 0 Å². The van der Waals surface area contributed by atoms with E-state index in [1.54, 1.807) is 23.8 Å². The minimum atomic E-state index is -1.09. The molecule has 0 aliphatic carbocycles. The van der Waals surface area contributed by atoms with Crippen LogP contribution in [-0.4, -0.2) is 62.5 Å². The second kappa shape index (κ2) is 8.18. The van der Waals surface area contributed by atoms with E-state index in [4.69, 9.17) is 9.47 Å². The minimum Gasteiger partial charge on any atom is -0.497 e. The van der Waals surface area contributed by atoms with Gasteiger partial charge < -0.3 is 9.47 Å². The van der Waals surface area contributed by atoms with E-state index >= 15 is 0 Å². The SMILES string of the molecule is COc1ccc(N2C(=O)CCSC23C(=O)N(CN2CCOCC2)c2ccccc23)cc1. The zero-order valence-electron chi connectivity index (χ0n) is 17.5.